The molecule has 0 bridgehead atoms. The lowest BCUT2D eigenvalue weighted by Crippen LogP contribution is -2.42. The van der Waals surface area contributed by atoms with Crippen molar-refractivity contribution < 1.29 is 0 Å². The molecule has 1 heterocycles. The Labute approximate surface area is 104 Å². The van der Waals surface area contributed by atoms with Crippen molar-refractivity contribution in [3.8, 4) is 0 Å². The maximum Gasteiger partial charge on any atom is 0.0682 e. The highest BCUT2D eigenvalue weighted by Gasteiger charge is 2.37. The van der Waals surface area contributed by atoms with E-state index in [-0.39, 0.29) is 11.5 Å². The minimum absolute atomic E-state index is 0.213. The van der Waals surface area contributed by atoms with Crippen LogP contribution < -0.4 is 11.3 Å². The lowest BCUT2D eigenvalue weighted by atomic mass is 9.70. The van der Waals surface area contributed by atoms with Crippen molar-refractivity contribution >= 4 is 0 Å². The molecule has 2 rings (SSSR count). The van der Waals surface area contributed by atoms with Crippen molar-refractivity contribution in [1.29, 1.82) is 0 Å². The zero-order valence-electron chi connectivity index (χ0n) is 10.9. The lowest BCUT2D eigenvalue weighted by molar-refractivity contribution is 0.139. The third-order valence-electron chi connectivity index (χ3n) is 4.20. The molecule has 17 heavy (non-hydrogen) atoms. The summed E-state index contributed by atoms with van der Waals surface area (Å²) < 4.78 is 2.05. The van der Waals surface area contributed by atoms with Gasteiger partial charge >= 0.3 is 0 Å². The van der Waals surface area contributed by atoms with Gasteiger partial charge in [0.15, 0.2) is 0 Å². The van der Waals surface area contributed by atoms with Gasteiger partial charge in [-0.1, -0.05) is 26.2 Å². The van der Waals surface area contributed by atoms with Gasteiger partial charge in [-0.3, -0.25) is 16.0 Å². The highest BCUT2D eigenvalue weighted by molar-refractivity contribution is 5.11. The van der Waals surface area contributed by atoms with Gasteiger partial charge in [0.25, 0.3) is 0 Å². The molecule has 1 atom stereocenters. The summed E-state index contributed by atoms with van der Waals surface area (Å²) in [6.45, 7) is 5.37. The van der Waals surface area contributed by atoms with Crippen molar-refractivity contribution in [2.45, 2.75) is 58.5 Å². The Morgan fingerprint density at radius 1 is 1.47 bits per heavy atom. The van der Waals surface area contributed by atoms with E-state index >= 15 is 0 Å². The Hall–Kier alpha value is -0.870. The molecule has 1 aliphatic carbocycles. The maximum atomic E-state index is 5.81. The van der Waals surface area contributed by atoms with Crippen molar-refractivity contribution in [1.82, 2.24) is 15.2 Å². The topological polar surface area (TPSA) is 55.9 Å². The molecule has 0 radical (unpaired) electrons. The van der Waals surface area contributed by atoms with Crippen molar-refractivity contribution in [2.24, 2.45) is 11.3 Å². The van der Waals surface area contributed by atoms with Crippen LogP contribution in [-0.2, 0) is 6.54 Å². The van der Waals surface area contributed by atoms with Gasteiger partial charge < -0.3 is 0 Å². The predicted octanol–water partition coefficient (Wildman–Crippen LogP) is 2.38. The number of nitrogens with one attached hydrogen (secondary N) is 1. The minimum atomic E-state index is 0.213. The van der Waals surface area contributed by atoms with Crippen LogP contribution in [0.25, 0.3) is 0 Å². The number of nitrogens with zero attached hydrogens (tertiary/aromatic N) is 2. The molecule has 1 saturated carbocycles. The third-order valence-corrected chi connectivity index (χ3v) is 4.20. The van der Waals surface area contributed by atoms with E-state index in [1.165, 1.54) is 37.8 Å². The number of aryl methyl sites for hydroxylation is 1. The molecule has 96 valence electrons. The second-order valence-corrected chi connectivity index (χ2v) is 5.39. The van der Waals surface area contributed by atoms with E-state index < -0.39 is 0 Å². The third kappa shape index (κ3) is 2.38. The standard InChI is InChI=1S/C13H24N4/c1-3-17-11(7-10-15-17)12(16-14)13(2)8-5-4-6-9-13/h7,10,12,16H,3-6,8-9,14H2,1-2H3. The van der Waals surface area contributed by atoms with E-state index in [2.05, 4.69) is 30.4 Å². The van der Waals surface area contributed by atoms with Gasteiger partial charge in [0, 0.05) is 12.7 Å². The largest absolute Gasteiger partial charge is 0.271 e. The van der Waals surface area contributed by atoms with E-state index in [0.29, 0.717) is 0 Å². The first kappa shape index (κ1) is 12.6. The number of hydrogen-bond acceptors (Lipinski definition) is 3. The van der Waals surface area contributed by atoms with Crippen molar-refractivity contribution in [2.75, 3.05) is 0 Å². The van der Waals surface area contributed by atoms with Gasteiger partial charge in [0.1, 0.15) is 0 Å². The van der Waals surface area contributed by atoms with Crippen LogP contribution in [-0.4, -0.2) is 9.78 Å². The van der Waals surface area contributed by atoms with Crippen LogP contribution in [0, 0.1) is 5.41 Å². The highest BCUT2D eigenvalue weighted by atomic mass is 15.3. The number of hydrazine groups is 1. The summed E-state index contributed by atoms with van der Waals surface area (Å²) in [5, 5.41) is 4.35. The number of aromatic nitrogens is 2. The second-order valence-electron chi connectivity index (χ2n) is 5.39. The van der Waals surface area contributed by atoms with Crippen LogP contribution in [0.15, 0.2) is 12.3 Å². The van der Waals surface area contributed by atoms with Gasteiger partial charge in [0.05, 0.1) is 11.7 Å². The zero-order chi connectivity index (χ0) is 12.3. The summed E-state index contributed by atoms with van der Waals surface area (Å²) in [7, 11) is 0. The average molecular weight is 236 g/mol. The van der Waals surface area contributed by atoms with E-state index in [1.54, 1.807) is 0 Å². The molecule has 0 aliphatic heterocycles. The fourth-order valence-electron chi connectivity index (χ4n) is 3.14. The van der Waals surface area contributed by atoms with Gasteiger partial charge in [0.2, 0.25) is 0 Å². The molecule has 1 aromatic rings. The Morgan fingerprint density at radius 3 is 2.76 bits per heavy atom. The Kier molecular flexibility index (Phi) is 3.84. The maximum absolute atomic E-state index is 5.81. The van der Waals surface area contributed by atoms with Crippen LogP contribution >= 0.6 is 0 Å². The summed E-state index contributed by atoms with van der Waals surface area (Å²) in [5.41, 5.74) is 4.51. The fourth-order valence-corrected chi connectivity index (χ4v) is 3.14. The molecule has 0 spiro atoms. The van der Waals surface area contributed by atoms with Crippen LogP contribution in [0.4, 0.5) is 0 Å². The Balaban J connectivity index is 2.26. The van der Waals surface area contributed by atoms with E-state index in [0.717, 1.165) is 6.54 Å². The predicted molar refractivity (Wildman–Crippen MR) is 69.2 cm³/mol. The Morgan fingerprint density at radius 2 is 2.18 bits per heavy atom. The van der Waals surface area contributed by atoms with Gasteiger partial charge in [-0.05, 0) is 31.2 Å². The molecule has 0 saturated heterocycles. The zero-order valence-corrected chi connectivity index (χ0v) is 10.9. The molecule has 1 unspecified atom stereocenters. The smallest absolute Gasteiger partial charge is 0.0682 e. The van der Waals surface area contributed by atoms with Crippen LogP contribution in [0.3, 0.4) is 0 Å². The minimum Gasteiger partial charge on any atom is -0.271 e. The Bertz CT molecular complexity index is 352. The van der Waals surface area contributed by atoms with Crippen molar-refractivity contribution in [3.63, 3.8) is 0 Å². The SMILES string of the molecule is CCn1nccc1C(NN)C1(C)CCCCC1. The molecular formula is C13H24N4. The van der Waals surface area contributed by atoms with Gasteiger partial charge in [-0.15, -0.1) is 0 Å². The van der Waals surface area contributed by atoms with Gasteiger partial charge in [-0.2, -0.15) is 5.10 Å². The molecule has 1 fully saturated rings. The lowest BCUT2D eigenvalue weighted by Gasteiger charge is -2.40. The summed E-state index contributed by atoms with van der Waals surface area (Å²) >= 11 is 0. The summed E-state index contributed by atoms with van der Waals surface area (Å²) in [5.74, 6) is 5.81. The number of hydrogen-bond donors (Lipinski definition) is 2. The normalized spacial score (nSPS) is 21.4. The van der Waals surface area contributed by atoms with Crippen LogP contribution in [0.2, 0.25) is 0 Å². The van der Waals surface area contributed by atoms with Crippen LogP contribution in [0.5, 0.6) is 0 Å². The van der Waals surface area contributed by atoms with Crippen molar-refractivity contribution in [3.05, 3.63) is 18.0 Å². The molecule has 0 amide bonds. The molecule has 4 nitrogen and oxygen atoms in total. The molecule has 1 aromatic heterocycles. The summed E-state index contributed by atoms with van der Waals surface area (Å²) in [4.78, 5) is 0. The quantitative estimate of drug-likeness (QED) is 0.623. The number of rotatable bonds is 4. The first-order chi connectivity index (χ1) is 8.21. The average Bonchev–Trinajstić information content (AvgIpc) is 2.79. The number of nitrogens with two attached hydrogens (primary N) is 1. The summed E-state index contributed by atoms with van der Waals surface area (Å²) in [6.07, 6.45) is 8.35. The summed E-state index contributed by atoms with van der Waals surface area (Å²) in [6, 6.07) is 2.30. The van der Waals surface area contributed by atoms with E-state index in [4.69, 9.17) is 5.84 Å². The molecule has 1 aliphatic rings. The molecule has 3 N–H and O–H groups in total. The molecule has 0 aromatic carbocycles. The van der Waals surface area contributed by atoms with E-state index in [9.17, 15) is 0 Å². The van der Waals surface area contributed by atoms with E-state index in [1.807, 2.05) is 10.9 Å². The monoisotopic (exact) mass is 236 g/mol. The first-order valence-electron chi connectivity index (χ1n) is 6.69. The van der Waals surface area contributed by atoms with Gasteiger partial charge in [-0.25, -0.2) is 0 Å². The molecule has 4 heteroatoms. The fraction of sp³-hybridized carbons (Fsp3) is 0.769. The highest BCUT2D eigenvalue weighted by Crippen LogP contribution is 2.45. The van der Waals surface area contributed by atoms with Crippen LogP contribution in [0.1, 0.15) is 57.7 Å². The first-order valence-corrected chi connectivity index (χ1v) is 6.69. The second kappa shape index (κ2) is 5.19. The molecular weight excluding hydrogens is 212 g/mol.